The van der Waals surface area contributed by atoms with Crippen molar-refractivity contribution in [3.05, 3.63) is 68.2 Å². The molecular weight excluding hydrogens is 392 g/mol. The summed E-state index contributed by atoms with van der Waals surface area (Å²) in [7, 11) is 0. The quantitative estimate of drug-likeness (QED) is 0.526. The van der Waals surface area contributed by atoms with Gasteiger partial charge in [-0.05, 0) is 70.7 Å². The molecule has 0 aliphatic carbocycles. The SMILES string of the molecule is Cc1nc2scc(C)n2c(=O)c1CCN1CCC(c2c(C)[nH]c3ccccc23)CC1. The number of para-hydroxylation sites is 1. The summed E-state index contributed by atoms with van der Waals surface area (Å²) in [6.07, 6.45) is 3.11. The predicted molar refractivity (Wildman–Crippen MR) is 124 cm³/mol. The molecule has 6 heteroatoms. The number of nitrogens with one attached hydrogen (secondary N) is 1. The van der Waals surface area contributed by atoms with Crippen molar-refractivity contribution in [1.29, 1.82) is 0 Å². The van der Waals surface area contributed by atoms with Crippen LogP contribution < -0.4 is 5.56 Å². The second-order valence-corrected chi connectivity index (χ2v) is 9.39. The maximum Gasteiger partial charge on any atom is 0.262 e. The number of rotatable bonds is 4. The molecule has 5 nitrogen and oxygen atoms in total. The fourth-order valence-electron chi connectivity index (χ4n) is 5.05. The third-order valence-electron chi connectivity index (χ3n) is 6.66. The zero-order chi connectivity index (χ0) is 20.8. The van der Waals surface area contributed by atoms with Crippen molar-refractivity contribution in [2.75, 3.05) is 19.6 Å². The van der Waals surface area contributed by atoms with Crippen LogP contribution in [0.5, 0.6) is 0 Å². The number of piperidine rings is 1. The number of nitrogens with zero attached hydrogens (tertiary/aromatic N) is 3. The average Bonchev–Trinajstić information content (AvgIpc) is 3.27. The third-order valence-corrected chi connectivity index (χ3v) is 7.60. The minimum Gasteiger partial charge on any atom is -0.358 e. The van der Waals surface area contributed by atoms with Crippen molar-refractivity contribution >= 4 is 27.2 Å². The first-order valence-corrected chi connectivity index (χ1v) is 11.7. The van der Waals surface area contributed by atoms with Crippen LogP contribution in [-0.2, 0) is 6.42 Å². The Balaban J connectivity index is 1.28. The van der Waals surface area contributed by atoms with Crippen LogP contribution in [0.1, 0.15) is 47.0 Å². The fourth-order valence-corrected chi connectivity index (χ4v) is 5.95. The van der Waals surface area contributed by atoms with Crippen molar-refractivity contribution in [2.45, 2.75) is 46.0 Å². The molecule has 1 N–H and O–H groups in total. The molecule has 1 aromatic carbocycles. The van der Waals surface area contributed by atoms with Crippen LogP contribution in [-0.4, -0.2) is 38.9 Å². The molecule has 156 valence electrons. The zero-order valence-electron chi connectivity index (χ0n) is 17.9. The van der Waals surface area contributed by atoms with Gasteiger partial charge in [0.15, 0.2) is 4.96 Å². The molecule has 1 saturated heterocycles. The highest BCUT2D eigenvalue weighted by Crippen LogP contribution is 2.35. The van der Waals surface area contributed by atoms with Gasteiger partial charge in [0.1, 0.15) is 0 Å². The summed E-state index contributed by atoms with van der Waals surface area (Å²) in [6.45, 7) is 9.23. The van der Waals surface area contributed by atoms with E-state index in [1.807, 2.05) is 19.2 Å². The lowest BCUT2D eigenvalue weighted by Crippen LogP contribution is -2.35. The van der Waals surface area contributed by atoms with E-state index in [4.69, 9.17) is 0 Å². The van der Waals surface area contributed by atoms with E-state index in [1.54, 1.807) is 4.40 Å². The van der Waals surface area contributed by atoms with Crippen molar-refractivity contribution in [2.24, 2.45) is 0 Å². The maximum atomic E-state index is 13.0. The molecule has 30 heavy (non-hydrogen) atoms. The Morgan fingerprint density at radius 2 is 1.93 bits per heavy atom. The Hall–Kier alpha value is -2.44. The second-order valence-electron chi connectivity index (χ2n) is 8.55. The van der Waals surface area contributed by atoms with Crippen LogP contribution in [0.3, 0.4) is 0 Å². The zero-order valence-corrected chi connectivity index (χ0v) is 18.7. The summed E-state index contributed by atoms with van der Waals surface area (Å²) < 4.78 is 1.76. The Labute approximate surface area is 180 Å². The maximum absolute atomic E-state index is 13.0. The van der Waals surface area contributed by atoms with E-state index in [9.17, 15) is 4.79 Å². The van der Waals surface area contributed by atoms with E-state index in [0.29, 0.717) is 5.92 Å². The van der Waals surface area contributed by atoms with Gasteiger partial charge >= 0.3 is 0 Å². The molecule has 5 rings (SSSR count). The first kappa shape index (κ1) is 19.5. The molecule has 1 aliphatic rings. The smallest absolute Gasteiger partial charge is 0.262 e. The van der Waals surface area contributed by atoms with Gasteiger partial charge in [-0.15, -0.1) is 11.3 Å². The number of aromatic amines is 1. The highest BCUT2D eigenvalue weighted by Gasteiger charge is 2.25. The van der Waals surface area contributed by atoms with E-state index < -0.39 is 0 Å². The van der Waals surface area contributed by atoms with Crippen molar-refractivity contribution < 1.29 is 0 Å². The Kier molecular flexibility index (Phi) is 4.99. The van der Waals surface area contributed by atoms with Crippen LogP contribution in [0.15, 0.2) is 34.4 Å². The van der Waals surface area contributed by atoms with Crippen LogP contribution >= 0.6 is 11.3 Å². The average molecular weight is 421 g/mol. The van der Waals surface area contributed by atoms with Gasteiger partial charge in [0.25, 0.3) is 5.56 Å². The van der Waals surface area contributed by atoms with E-state index in [0.717, 1.165) is 48.0 Å². The van der Waals surface area contributed by atoms with Gasteiger partial charge in [0, 0.05) is 45.5 Å². The number of H-pyrrole nitrogens is 1. The van der Waals surface area contributed by atoms with Gasteiger partial charge < -0.3 is 9.88 Å². The second kappa shape index (κ2) is 7.67. The Bertz CT molecular complexity index is 1270. The minimum absolute atomic E-state index is 0.112. The fraction of sp³-hybridized carbons (Fsp3) is 0.417. The normalized spacial score (nSPS) is 16.1. The topological polar surface area (TPSA) is 53.4 Å². The summed E-state index contributed by atoms with van der Waals surface area (Å²) in [5, 5.41) is 3.38. The van der Waals surface area contributed by atoms with Crippen molar-refractivity contribution in [1.82, 2.24) is 19.3 Å². The molecule has 0 radical (unpaired) electrons. The number of hydrogen-bond donors (Lipinski definition) is 1. The van der Waals surface area contributed by atoms with Crippen LogP contribution in [0, 0.1) is 20.8 Å². The summed E-state index contributed by atoms with van der Waals surface area (Å²) in [5.41, 5.74) is 6.89. The molecule has 0 bridgehead atoms. The highest BCUT2D eigenvalue weighted by molar-refractivity contribution is 7.15. The number of aromatic nitrogens is 3. The van der Waals surface area contributed by atoms with Gasteiger partial charge in [-0.25, -0.2) is 4.98 Å². The Morgan fingerprint density at radius 3 is 2.73 bits per heavy atom. The molecule has 0 unspecified atom stereocenters. The van der Waals surface area contributed by atoms with Gasteiger partial charge in [-0.3, -0.25) is 9.20 Å². The molecule has 0 spiro atoms. The lowest BCUT2D eigenvalue weighted by molar-refractivity contribution is 0.214. The molecule has 0 atom stereocenters. The molecular formula is C24H28N4OS. The summed E-state index contributed by atoms with van der Waals surface area (Å²) in [4.78, 5) is 24.5. The molecule has 0 amide bonds. The monoisotopic (exact) mass is 420 g/mol. The summed E-state index contributed by atoms with van der Waals surface area (Å²) in [6, 6.07) is 8.64. The van der Waals surface area contributed by atoms with Gasteiger partial charge in [0.05, 0.1) is 0 Å². The van der Waals surface area contributed by atoms with Crippen molar-refractivity contribution in [3.63, 3.8) is 0 Å². The molecule has 4 heterocycles. The highest BCUT2D eigenvalue weighted by atomic mass is 32.1. The number of hydrogen-bond acceptors (Lipinski definition) is 4. The van der Waals surface area contributed by atoms with Crippen LogP contribution in [0.25, 0.3) is 15.9 Å². The third kappa shape index (κ3) is 3.28. The van der Waals surface area contributed by atoms with Gasteiger partial charge in [-0.1, -0.05) is 18.2 Å². The minimum atomic E-state index is 0.112. The van der Waals surface area contributed by atoms with Gasteiger partial charge in [-0.2, -0.15) is 0 Å². The van der Waals surface area contributed by atoms with Crippen molar-refractivity contribution in [3.8, 4) is 0 Å². The standard InChI is InChI=1S/C24H28N4OS/c1-15-14-30-24-26-16(2)19(23(29)28(15)24)10-13-27-11-8-18(9-12-27)22-17(3)25-21-7-5-4-6-20(21)22/h4-7,14,18,25H,8-13H2,1-3H3. The summed E-state index contributed by atoms with van der Waals surface area (Å²) in [5.74, 6) is 0.608. The first-order chi connectivity index (χ1) is 14.5. The van der Waals surface area contributed by atoms with E-state index >= 15 is 0 Å². The number of fused-ring (bicyclic) bond motifs is 2. The molecule has 0 saturated carbocycles. The molecule has 1 fully saturated rings. The predicted octanol–water partition coefficient (Wildman–Crippen LogP) is 4.58. The lowest BCUT2D eigenvalue weighted by Gasteiger charge is -2.32. The summed E-state index contributed by atoms with van der Waals surface area (Å²) >= 11 is 1.54. The molecule has 1 aliphatic heterocycles. The van der Waals surface area contributed by atoms with Crippen LogP contribution in [0.4, 0.5) is 0 Å². The van der Waals surface area contributed by atoms with E-state index in [-0.39, 0.29) is 5.56 Å². The number of likely N-dealkylation sites (tertiary alicyclic amines) is 1. The largest absolute Gasteiger partial charge is 0.358 e. The van der Waals surface area contributed by atoms with E-state index in [1.165, 1.54) is 46.3 Å². The van der Waals surface area contributed by atoms with E-state index in [2.05, 4.69) is 46.1 Å². The number of benzene rings is 1. The lowest BCUT2D eigenvalue weighted by atomic mass is 9.87. The van der Waals surface area contributed by atoms with Crippen LogP contribution in [0.2, 0.25) is 0 Å². The molecule has 3 aromatic heterocycles. The number of thiazole rings is 1. The molecule has 4 aromatic rings. The number of aryl methyl sites for hydroxylation is 3. The Morgan fingerprint density at radius 1 is 1.17 bits per heavy atom. The van der Waals surface area contributed by atoms with Gasteiger partial charge in [0.2, 0.25) is 0 Å². The first-order valence-electron chi connectivity index (χ1n) is 10.8.